The van der Waals surface area contributed by atoms with Crippen molar-refractivity contribution < 1.29 is 73.8 Å². The van der Waals surface area contributed by atoms with Gasteiger partial charge >= 0.3 is 11.9 Å². The van der Waals surface area contributed by atoms with Crippen LogP contribution in [-0.2, 0) is 23.8 Å². The number of esters is 2. The Labute approximate surface area is 309 Å². The normalized spacial score (nSPS) is 19.8. The number of hydrogen-bond acceptors (Lipinski definition) is 16. The number of carbonyl (C=O) groups is 2. The van der Waals surface area contributed by atoms with Gasteiger partial charge in [-0.05, 0) is 65.7 Å². The number of fused-ring (bicyclic) bond motifs is 1. The van der Waals surface area contributed by atoms with Crippen LogP contribution in [0, 0.1) is 0 Å². The molecule has 16 nitrogen and oxygen atoms in total. The Morgan fingerprint density at radius 1 is 0.691 bits per heavy atom. The summed E-state index contributed by atoms with van der Waals surface area (Å²) in [7, 11) is 0. The van der Waals surface area contributed by atoms with E-state index >= 15 is 0 Å². The van der Waals surface area contributed by atoms with Crippen LogP contribution in [0.3, 0.4) is 0 Å². The van der Waals surface area contributed by atoms with E-state index in [0.29, 0.717) is 11.1 Å². The number of carbonyl (C=O) groups excluding carboxylic acids is 2. The van der Waals surface area contributed by atoms with Crippen molar-refractivity contribution in [1.82, 2.24) is 0 Å². The maximum atomic E-state index is 13.9. The van der Waals surface area contributed by atoms with Crippen molar-refractivity contribution in [2.24, 2.45) is 0 Å². The van der Waals surface area contributed by atoms with E-state index in [1.165, 1.54) is 66.7 Å². The van der Waals surface area contributed by atoms with Gasteiger partial charge in [-0.1, -0.05) is 24.3 Å². The Morgan fingerprint density at radius 2 is 1.31 bits per heavy atom. The van der Waals surface area contributed by atoms with Crippen LogP contribution in [0.5, 0.6) is 40.2 Å². The molecule has 0 aliphatic carbocycles. The van der Waals surface area contributed by atoms with E-state index in [2.05, 4.69) is 0 Å². The molecular weight excluding hydrogens is 724 g/mol. The van der Waals surface area contributed by atoms with Gasteiger partial charge in [-0.2, -0.15) is 0 Å². The fourth-order valence-corrected chi connectivity index (χ4v) is 5.51. The average Bonchev–Trinajstić information content (AvgIpc) is 3.15. The van der Waals surface area contributed by atoms with Gasteiger partial charge in [0.2, 0.25) is 17.5 Å². The smallest absolute Gasteiger partial charge is 0.331 e. The summed E-state index contributed by atoms with van der Waals surface area (Å²) in [6.07, 6.45) is -4.55. The summed E-state index contributed by atoms with van der Waals surface area (Å²) in [5.74, 6) is -5.47. The van der Waals surface area contributed by atoms with Crippen LogP contribution in [0.25, 0.3) is 34.4 Å². The number of phenols is 6. The predicted molar refractivity (Wildman–Crippen MR) is 191 cm³/mol. The molecule has 2 heterocycles. The average molecular weight is 757 g/mol. The molecule has 0 saturated carbocycles. The van der Waals surface area contributed by atoms with Crippen molar-refractivity contribution >= 4 is 35.1 Å². The van der Waals surface area contributed by atoms with Crippen molar-refractivity contribution in [3.8, 4) is 51.6 Å². The number of aliphatic hydroxyl groups is 2. The number of hydrogen-bond donors (Lipinski definition) is 8. The highest BCUT2D eigenvalue weighted by Gasteiger charge is 2.49. The molecule has 0 spiro atoms. The molecule has 1 saturated heterocycles. The maximum Gasteiger partial charge on any atom is 0.331 e. The fraction of sp³-hybridized carbons (Fsp3) is 0.154. The summed E-state index contributed by atoms with van der Waals surface area (Å²) in [5.41, 5.74) is -0.417. The first-order chi connectivity index (χ1) is 26.3. The van der Waals surface area contributed by atoms with E-state index in [0.717, 1.165) is 36.4 Å². The minimum absolute atomic E-state index is 0.0130. The minimum atomic E-state index is -2.05. The van der Waals surface area contributed by atoms with Crippen LogP contribution >= 0.6 is 0 Å². The summed E-state index contributed by atoms with van der Waals surface area (Å²) in [4.78, 5) is 39.5. The van der Waals surface area contributed by atoms with E-state index in [9.17, 15) is 55.2 Å². The lowest BCUT2D eigenvalue weighted by atomic mass is 9.98. The lowest BCUT2D eigenvalue weighted by Gasteiger charge is -2.41. The Hall–Kier alpha value is -7.01. The van der Waals surface area contributed by atoms with Crippen molar-refractivity contribution in [1.29, 1.82) is 0 Å². The van der Waals surface area contributed by atoms with Gasteiger partial charge in [0.15, 0.2) is 29.5 Å². The van der Waals surface area contributed by atoms with E-state index < -0.39 is 94.6 Å². The summed E-state index contributed by atoms with van der Waals surface area (Å²) >= 11 is 0. The highest BCUT2D eigenvalue weighted by atomic mass is 16.7. The van der Waals surface area contributed by atoms with Gasteiger partial charge in [0.1, 0.15) is 52.8 Å². The van der Waals surface area contributed by atoms with Gasteiger partial charge in [0.05, 0.1) is 0 Å². The highest BCUT2D eigenvalue weighted by molar-refractivity contribution is 5.89. The third-order valence-corrected chi connectivity index (χ3v) is 8.28. The molecule has 1 aliphatic rings. The summed E-state index contributed by atoms with van der Waals surface area (Å²) < 4.78 is 28.2. The number of phenolic OH excluding ortho intramolecular Hbond substituents is 6. The monoisotopic (exact) mass is 756 g/mol. The van der Waals surface area contributed by atoms with Crippen LogP contribution in [0.1, 0.15) is 11.1 Å². The summed E-state index contributed by atoms with van der Waals surface area (Å²) in [6.45, 7) is -0.699. The second-order valence-corrected chi connectivity index (χ2v) is 12.2. The molecule has 8 N–H and O–H groups in total. The van der Waals surface area contributed by atoms with Gasteiger partial charge < -0.3 is 64.2 Å². The molecule has 1 aliphatic heterocycles. The molecule has 284 valence electrons. The second-order valence-electron chi connectivity index (χ2n) is 12.2. The van der Waals surface area contributed by atoms with E-state index in [-0.39, 0.29) is 22.6 Å². The third kappa shape index (κ3) is 8.63. The van der Waals surface area contributed by atoms with Crippen LogP contribution in [0.4, 0.5) is 0 Å². The SMILES string of the molecule is O=C(C=Cc1ccc(O)cc1)OC[C@H]1O[C@@H](Oc2c(-c3ccc(O)c(O)c3)oc3cc(O)cc(O)c3c2=O)[C@H](O)[C@@H](OC(=O)C=Cc2ccc(O)cc2)[C@@H]1O. The molecule has 1 aromatic heterocycles. The molecule has 5 aromatic rings. The number of ether oxygens (including phenoxy) is 4. The Morgan fingerprint density at radius 3 is 1.93 bits per heavy atom. The summed E-state index contributed by atoms with van der Waals surface area (Å²) in [6, 6.07) is 16.8. The Kier molecular flexibility index (Phi) is 10.9. The molecule has 0 amide bonds. The quantitative estimate of drug-likeness (QED) is 0.0577. The first-order valence-corrected chi connectivity index (χ1v) is 16.3. The van der Waals surface area contributed by atoms with E-state index in [1.807, 2.05) is 0 Å². The van der Waals surface area contributed by atoms with Crippen molar-refractivity contribution in [3.63, 3.8) is 0 Å². The van der Waals surface area contributed by atoms with Crippen molar-refractivity contribution in [2.45, 2.75) is 30.7 Å². The molecule has 1 fully saturated rings. The Balaban J connectivity index is 1.33. The fourth-order valence-electron chi connectivity index (χ4n) is 5.51. The van der Waals surface area contributed by atoms with Crippen LogP contribution in [0.2, 0.25) is 0 Å². The number of rotatable bonds is 10. The molecule has 0 unspecified atom stereocenters. The van der Waals surface area contributed by atoms with Gasteiger partial charge in [-0.3, -0.25) is 4.79 Å². The molecule has 0 bridgehead atoms. The molecule has 16 heteroatoms. The van der Waals surface area contributed by atoms with Gasteiger partial charge in [-0.15, -0.1) is 0 Å². The molecular formula is C39H32O16. The zero-order chi connectivity index (χ0) is 39.4. The standard InChI is InChI=1S/C39H32O16/c40-22-8-1-19(2-9-22)5-13-30(46)51-18-29-33(48)37(54-31(47)14-6-20-3-10-23(41)11-4-20)35(50)39(53-29)55-38-34(49)32-27(45)16-24(42)17-28(32)52-36(38)21-7-12-25(43)26(44)15-21/h1-17,29,33,35,37,39-45,48,50H,18H2/t29-,33-,35-,37+,39+/m1/s1. The third-order valence-electron chi connectivity index (χ3n) is 8.28. The molecule has 4 aromatic carbocycles. The lowest BCUT2D eigenvalue weighted by molar-refractivity contribution is -0.281. The van der Waals surface area contributed by atoms with Crippen LogP contribution in [-0.4, -0.2) is 90.1 Å². The van der Waals surface area contributed by atoms with Crippen molar-refractivity contribution in [3.05, 3.63) is 112 Å². The summed E-state index contributed by atoms with van der Waals surface area (Å²) in [5, 5.41) is 81.9. The zero-order valence-electron chi connectivity index (χ0n) is 28.3. The van der Waals surface area contributed by atoms with Crippen molar-refractivity contribution in [2.75, 3.05) is 6.61 Å². The minimum Gasteiger partial charge on any atom is -0.508 e. The molecule has 6 rings (SSSR count). The molecule has 55 heavy (non-hydrogen) atoms. The second kappa shape index (κ2) is 15.9. The zero-order valence-corrected chi connectivity index (χ0v) is 28.3. The largest absolute Gasteiger partial charge is 0.508 e. The first-order valence-electron chi connectivity index (χ1n) is 16.3. The molecule has 5 atom stereocenters. The highest BCUT2D eigenvalue weighted by Crippen LogP contribution is 2.39. The van der Waals surface area contributed by atoms with E-state index in [4.69, 9.17) is 23.4 Å². The van der Waals surface area contributed by atoms with Gasteiger partial charge in [-0.25, -0.2) is 9.59 Å². The predicted octanol–water partition coefficient (Wildman–Crippen LogP) is 3.40. The topological polar surface area (TPSA) is 263 Å². The van der Waals surface area contributed by atoms with Crippen LogP contribution < -0.4 is 10.2 Å². The lowest BCUT2D eigenvalue weighted by Crippen LogP contribution is -2.61. The number of benzene rings is 4. The van der Waals surface area contributed by atoms with Gasteiger partial charge in [0, 0.05) is 29.8 Å². The number of aromatic hydroxyl groups is 6. The first kappa shape index (κ1) is 37.7. The molecule has 0 radical (unpaired) electrons. The van der Waals surface area contributed by atoms with E-state index in [1.54, 1.807) is 0 Å². The maximum absolute atomic E-state index is 13.9. The Bertz CT molecular complexity index is 2330. The number of aliphatic hydroxyl groups excluding tert-OH is 2. The van der Waals surface area contributed by atoms with Crippen LogP contribution in [0.15, 0.2) is 100 Å². The van der Waals surface area contributed by atoms with Gasteiger partial charge in [0.25, 0.3) is 0 Å².